The van der Waals surface area contributed by atoms with Gasteiger partial charge in [0.2, 0.25) is 5.91 Å². The van der Waals surface area contributed by atoms with Crippen LogP contribution in [0.3, 0.4) is 0 Å². The molecule has 1 saturated heterocycles. The predicted molar refractivity (Wildman–Crippen MR) is 75.6 cm³/mol. The van der Waals surface area contributed by atoms with Gasteiger partial charge < -0.3 is 15.0 Å². The van der Waals surface area contributed by atoms with E-state index in [4.69, 9.17) is 4.74 Å². The predicted octanol–water partition coefficient (Wildman–Crippen LogP) is 1.18. The molecule has 6 heteroatoms. The number of nitrogens with one attached hydrogen (secondary N) is 1. The molecule has 1 fully saturated rings. The summed E-state index contributed by atoms with van der Waals surface area (Å²) in [6.45, 7) is 5.15. The molecule has 1 aliphatic heterocycles. The second-order valence-electron chi connectivity index (χ2n) is 4.55. The Morgan fingerprint density at radius 3 is 2.95 bits per heavy atom. The van der Waals surface area contributed by atoms with Crippen LogP contribution < -0.4 is 5.32 Å². The maximum Gasteiger partial charge on any atom is 0.239 e. The van der Waals surface area contributed by atoms with Gasteiger partial charge in [-0.3, -0.25) is 9.78 Å². The molecule has 0 aliphatic carbocycles. The summed E-state index contributed by atoms with van der Waals surface area (Å²) in [7, 11) is 0. The zero-order valence-electron chi connectivity index (χ0n) is 10.9. The van der Waals surface area contributed by atoms with Crippen molar-refractivity contribution in [2.75, 3.05) is 26.3 Å². The van der Waals surface area contributed by atoms with Gasteiger partial charge in [0.05, 0.1) is 19.3 Å². The van der Waals surface area contributed by atoms with Crippen LogP contribution in [0.1, 0.15) is 12.5 Å². The fourth-order valence-electron chi connectivity index (χ4n) is 1.97. The number of morpholine rings is 1. The van der Waals surface area contributed by atoms with Crippen LogP contribution in [0.15, 0.2) is 22.9 Å². The van der Waals surface area contributed by atoms with Gasteiger partial charge in [0.25, 0.3) is 0 Å². The molecule has 0 spiro atoms. The van der Waals surface area contributed by atoms with Gasteiger partial charge in [0, 0.05) is 36.5 Å². The van der Waals surface area contributed by atoms with E-state index in [9.17, 15) is 4.79 Å². The van der Waals surface area contributed by atoms with E-state index in [0.29, 0.717) is 32.8 Å². The highest BCUT2D eigenvalue weighted by Crippen LogP contribution is 2.09. The first kappa shape index (κ1) is 14.4. The van der Waals surface area contributed by atoms with Crippen LogP contribution in [0.25, 0.3) is 0 Å². The first-order valence-electron chi connectivity index (χ1n) is 6.36. The second kappa shape index (κ2) is 6.98. The summed E-state index contributed by atoms with van der Waals surface area (Å²) in [5.41, 5.74) is 1.05. The number of carbonyl (C=O) groups excluding carboxylic acids is 1. The molecule has 0 saturated carbocycles. The zero-order chi connectivity index (χ0) is 13.7. The van der Waals surface area contributed by atoms with Crippen molar-refractivity contribution < 1.29 is 9.53 Å². The summed E-state index contributed by atoms with van der Waals surface area (Å²) in [5, 5.41) is 3.23. The molecule has 5 nitrogen and oxygen atoms in total. The lowest BCUT2D eigenvalue weighted by Crippen LogP contribution is -2.49. The van der Waals surface area contributed by atoms with Gasteiger partial charge in [-0.25, -0.2) is 0 Å². The molecule has 0 radical (unpaired) electrons. The number of rotatable bonds is 4. The normalized spacial score (nSPS) is 17.3. The Hall–Kier alpha value is -0.980. The summed E-state index contributed by atoms with van der Waals surface area (Å²) in [6.07, 6.45) is 3.54. The number of carbonyl (C=O) groups is 1. The van der Waals surface area contributed by atoms with E-state index in [2.05, 4.69) is 26.2 Å². The van der Waals surface area contributed by atoms with E-state index in [0.717, 1.165) is 10.0 Å². The fraction of sp³-hybridized carbons (Fsp3) is 0.538. The number of amides is 1. The molecular formula is C13H18BrN3O2. The maximum absolute atomic E-state index is 12.2. The number of hydrogen-bond acceptors (Lipinski definition) is 4. The molecule has 1 aliphatic rings. The molecule has 1 amide bonds. The molecule has 1 unspecified atom stereocenters. The van der Waals surface area contributed by atoms with Crippen molar-refractivity contribution in [3.8, 4) is 0 Å². The van der Waals surface area contributed by atoms with E-state index in [1.165, 1.54) is 0 Å². The molecule has 1 aromatic heterocycles. The third-order valence-corrected chi connectivity index (χ3v) is 3.50. The first-order chi connectivity index (χ1) is 9.16. The number of nitrogens with zero attached hydrogens (tertiary/aromatic N) is 2. The lowest BCUT2D eigenvalue weighted by Gasteiger charge is -2.29. The quantitative estimate of drug-likeness (QED) is 0.902. The van der Waals surface area contributed by atoms with Crippen LogP contribution in [0.2, 0.25) is 0 Å². The van der Waals surface area contributed by atoms with Gasteiger partial charge in [0.1, 0.15) is 0 Å². The number of halogens is 1. The average Bonchev–Trinajstić information content (AvgIpc) is 2.45. The molecule has 19 heavy (non-hydrogen) atoms. The number of hydrogen-bond donors (Lipinski definition) is 1. The van der Waals surface area contributed by atoms with Crippen molar-refractivity contribution in [1.82, 2.24) is 15.2 Å². The lowest BCUT2D eigenvalue weighted by atomic mass is 10.2. The molecule has 1 atom stereocenters. The largest absolute Gasteiger partial charge is 0.378 e. The molecule has 1 N–H and O–H groups in total. The van der Waals surface area contributed by atoms with E-state index in [1.54, 1.807) is 12.4 Å². The topological polar surface area (TPSA) is 54.5 Å². The monoisotopic (exact) mass is 327 g/mol. The third kappa shape index (κ3) is 4.26. The summed E-state index contributed by atoms with van der Waals surface area (Å²) >= 11 is 3.38. The highest BCUT2D eigenvalue weighted by atomic mass is 79.9. The van der Waals surface area contributed by atoms with E-state index in [-0.39, 0.29) is 11.9 Å². The van der Waals surface area contributed by atoms with Crippen LogP contribution in [-0.2, 0) is 16.1 Å². The standard InChI is InChI=1S/C13H18BrN3O2/c1-10(13(18)17-2-4-19-5-3-17)16-8-11-6-12(14)9-15-7-11/h6-7,9-10,16H,2-5,8H2,1H3. The highest BCUT2D eigenvalue weighted by Gasteiger charge is 2.21. The second-order valence-corrected chi connectivity index (χ2v) is 5.47. The van der Waals surface area contributed by atoms with Crippen molar-refractivity contribution in [2.24, 2.45) is 0 Å². The third-order valence-electron chi connectivity index (χ3n) is 3.07. The Labute approximate surface area is 121 Å². The van der Waals surface area contributed by atoms with E-state index < -0.39 is 0 Å². The Kier molecular flexibility index (Phi) is 5.30. The molecule has 2 heterocycles. The van der Waals surface area contributed by atoms with Gasteiger partial charge in [-0.15, -0.1) is 0 Å². The smallest absolute Gasteiger partial charge is 0.239 e. The SMILES string of the molecule is CC(NCc1cncc(Br)c1)C(=O)N1CCOCC1. The Morgan fingerprint density at radius 2 is 2.26 bits per heavy atom. The Bertz CT molecular complexity index is 436. The zero-order valence-corrected chi connectivity index (χ0v) is 12.5. The van der Waals surface area contributed by atoms with E-state index in [1.807, 2.05) is 17.9 Å². The molecular weight excluding hydrogens is 310 g/mol. The highest BCUT2D eigenvalue weighted by molar-refractivity contribution is 9.10. The minimum Gasteiger partial charge on any atom is -0.378 e. The number of aromatic nitrogens is 1. The van der Waals surface area contributed by atoms with Crippen molar-refractivity contribution in [3.05, 3.63) is 28.5 Å². The van der Waals surface area contributed by atoms with Crippen LogP contribution in [-0.4, -0.2) is 48.1 Å². The van der Waals surface area contributed by atoms with E-state index >= 15 is 0 Å². The number of pyridine rings is 1. The minimum atomic E-state index is -0.197. The molecule has 0 aromatic carbocycles. The average molecular weight is 328 g/mol. The molecule has 0 bridgehead atoms. The molecule has 104 valence electrons. The van der Waals surface area contributed by atoms with Crippen LogP contribution in [0.4, 0.5) is 0 Å². The first-order valence-corrected chi connectivity index (χ1v) is 7.15. The van der Waals surface area contributed by atoms with Crippen molar-refractivity contribution in [1.29, 1.82) is 0 Å². The van der Waals surface area contributed by atoms with Gasteiger partial charge >= 0.3 is 0 Å². The Morgan fingerprint density at radius 1 is 1.53 bits per heavy atom. The van der Waals surface area contributed by atoms with Crippen molar-refractivity contribution in [3.63, 3.8) is 0 Å². The minimum absolute atomic E-state index is 0.131. The maximum atomic E-state index is 12.2. The summed E-state index contributed by atoms with van der Waals surface area (Å²) in [5.74, 6) is 0.131. The molecule has 1 aromatic rings. The van der Waals surface area contributed by atoms with Crippen molar-refractivity contribution in [2.45, 2.75) is 19.5 Å². The van der Waals surface area contributed by atoms with Crippen LogP contribution in [0, 0.1) is 0 Å². The summed E-state index contributed by atoms with van der Waals surface area (Å²) in [6, 6.07) is 1.79. The van der Waals surface area contributed by atoms with Crippen LogP contribution in [0.5, 0.6) is 0 Å². The van der Waals surface area contributed by atoms with Crippen LogP contribution >= 0.6 is 15.9 Å². The van der Waals surface area contributed by atoms with Gasteiger partial charge in [-0.2, -0.15) is 0 Å². The Balaban J connectivity index is 1.83. The van der Waals surface area contributed by atoms with Gasteiger partial charge in [0.15, 0.2) is 0 Å². The lowest BCUT2D eigenvalue weighted by molar-refractivity contribution is -0.137. The van der Waals surface area contributed by atoms with Crippen molar-refractivity contribution >= 4 is 21.8 Å². The molecule has 2 rings (SSSR count). The number of ether oxygens (including phenoxy) is 1. The fourth-order valence-corrected chi connectivity index (χ4v) is 2.38. The van der Waals surface area contributed by atoms with Gasteiger partial charge in [-0.1, -0.05) is 0 Å². The summed E-state index contributed by atoms with van der Waals surface area (Å²) < 4.78 is 6.19. The summed E-state index contributed by atoms with van der Waals surface area (Å²) in [4.78, 5) is 18.1. The van der Waals surface area contributed by atoms with Gasteiger partial charge in [-0.05, 0) is 34.5 Å².